The van der Waals surface area contributed by atoms with Gasteiger partial charge in [0.05, 0.1) is 5.69 Å². The summed E-state index contributed by atoms with van der Waals surface area (Å²) in [6.45, 7) is 4.07. The smallest absolute Gasteiger partial charge is 0.0531 e. The quantitative estimate of drug-likeness (QED) is 0.805. The molecule has 0 heterocycles. The highest BCUT2D eigenvalue weighted by atomic mass is 79.9. The van der Waals surface area contributed by atoms with Gasteiger partial charge in [0.1, 0.15) is 0 Å². The van der Waals surface area contributed by atoms with Gasteiger partial charge in [0.2, 0.25) is 0 Å². The number of aryl methyl sites for hydroxylation is 2. The summed E-state index contributed by atoms with van der Waals surface area (Å²) < 4.78 is 1.08. The van der Waals surface area contributed by atoms with Crippen LogP contribution in [0, 0.1) is 13.8 Å². The molecular formula is C14H15BrN2. The van der Waals surface area contributed by atoms with E-state index in [4.69, 9.17) is 5.73 Å². The molecule has 0 aliphatic heterocycles. The zero-order valence-electron chi connectivity index (χ0n) is 9.92. The van der Waals surface area contributed by atoms with Gasteiger partial charge in [0.15, 0.2) is 0 Å². The molecule has 0 saturated heterocycles. The highest BCUT2D eigenvalue weighted by molar-refractivity contribution is 9.10. The number of hydrogen-bond acceptors (Lipinski definition) is 2. The second-order valence-electron chi connectivity index (χ2n) is 4.13. The number of hydrogen-bond donors (Lipinski definition) is 2. The third kappa shape index (κ3) is 2.61. The molecule has 2 nitrogen and oxygen atoms in total. The zero-order chi connectivity index (χ0) is 12.4. The Hall–Kier alpha value is -1.48. The summed E-state index contributed by atoms with van der Waals surface area (Å²) >= 11 is 3.58. The largest absolute Gasteiger partial charge is 0.398 e. The molecule has 0 radical (unpaired) electrons. The van der Waals surface area contributed by atoms with Gasteiger partial charge >= 0.3 is 0 Å². The Balaban J connectivity index is 2.31. The first-order valence-corrected chi connectivity index (χ1v) is 6.25. The molecule has 0 aliphatic carbocycles. The fraction of sp³-hybridized carbons (Fsp3) is 0.143. The molecule has 0 atom stereocenters. The van der Waals surface area contributed by atoms with Gasteiger partial charge < -0.3 is 11.1 Å². The van der Waals surface area contributed by atoms with E-state index in [1.807, 2.05) is 37.3 Å². The third-order valence-electron chi connectivity index (χ3n) is 2.75. The second kappa shape index (κ2) is 4.80. The summed E-state index contributed by atoms with van der Waals surface area (Å²) in [6.07, 6.45) is 0. The molecule has 0 fully saturated rings. The van der Waals surface area contributed by atoms with E-state index in [9.17, 15) is 0 Å². The summed E-state index contributed by atoms with van der Waals surface area (Å²) in [5.74, 6) is 0. The van der Waals surface area contributed by atoms with Crippen molar-refractivity contribution in [2.45, 2.75) is 13.8 Å². The SMILES string of the molecule is Cc1ccc(Nc2cccc(C)c2Br)cc1N. The Morgan fingerprint density at radius 2 is 1.82 bits per heavy atom. The van der Waals surface area contributed by atoms with Crippen molar-refractivity contribution in [2.75, 3.05) is 11.1 Å². The van der Waals surface area contributed by atoms with E-state index in [1.54, 1.807) is 0 Å². The second-order valence-corrected chi connectivity index (χ2v) is 4.93. The third-order valence-corrected chi connectivity index (χ3v) is 3.80. The maximum atomic E-state index is 5.89. The van der Waals surface area contributed by atoms with Crippen molar-refractivity contribution in [3.05, 3.63) is 52.0 Å². The Morgan fingerprint density at radius 1 is 1.06 bits per heavy atom. The van der Waals surface area contributed by atoms with Gasteiger partial charge in [-0.15, -0.1) is 0 Å². The van der Waals surface area contributed by atoms with Gasteiger partial charge in [0, 0.05) is 15.8 Å². The number of rotatable bonds is 2. The van der Waals surface area contributed by atoms with Crippen LogP contribution in [0.15, 0.2) is 40.9 Å². The van der Waals surface area contributed by atoms with E-state index in [2.05, 4.69) is 34.2 Å². The predicted molar refractivity (Wildman–Crippen MR) is 77.8 cm³/mol. The molecule has 0 saturated carbocycles. The maximum absolute atomic E-state index is 5.89. The highest BCUT2D eigenvalue weighted by Gasteiger charge is 2.03. The van der Waals surface area contributed by atoms with Crippen molar-refractivity contribution in [1.82, 2.24) is 0 Å². The Bertz CT molecular complexity index is 550. The zero-order valence-corrected chi connectivity index (χ0v) is 11.5. The first-order valence-electron chi connectivity index (χ1n) is 5.46. The monoisotopic (exact) mass is 290 g/mol. The van der Waals surface area contributed by atoms with E-state index < -0.39 is 0 Å². The normalized spacial score (nSPS) is 10.3. The molecule has 2 aromatic rings. The van der Waals surface area contributed by atoms with Gasteiger partial charge in [-0.3, -0.25) is 0 Å². The number of benzene rings is 2. The van der Waals surface area contributed by atoms with Crippen LogP contribution in [0.4, 0.5) is 17.1 Å². The minimum absolute atomic E-state index is 0.804. The predicted octanol–water partition coefficient (Wildman–Crippen LogP) is 4.39. The molecule has 3 heteroatoms. The average molecular weight is 291 g/mol. The number of nitrogens with two attached hydrogens (primary N) is 1. The molecule has 0 bridgehead atoms. The van der Waals surface area contributed by atoms with Crippen LogP contribution in [0.2, 0.25) is 0 Å². The minimum atomic E-state index is 0.804. The lowest BCUT2D eigenvalue weighted by Crippen LogP contribution is -1.95. The minimum Gasteiger partial charge on any atom is -0.398 e. The molecule has 0 aliphatic rings. The van der Waals surface area contributed by atoms with Crippen molar-refractivity contribution < 1.29 is 0 Å². The summed E-state index contributed by atoms with van der Waals surface area (Å²) in [5, 5.41) is 3.35. The average Bonchev–Trinajstić information content (AvgIpc) is 2.30. The fourth-order valence-corrected chi connectivity index (χ4v) is 1.98. The van der Waals surface area contributed by atoms with E-state index in [0.29, 0.717) is 0 Å². The van der Waals surface area contributed by atoms with Crippen LogP contribution in [-0.2, 0) is 0 Å². The molecular weight excluding hydrogens is 276 g/mol. The van der Waals surface area contributed by atoms with E-state index >= 15 is 0 Å². The molecule has 17 heavy (non-hydrogen) atoms. The molecule has 3 N–H and O–H groups in total. The fourth-order valence-electron chi connectivity index (χ4n) is 1.62. The van der Waals surface area contributed by atoms with Crippen LogP contribution >= 0.6 is 15.9 Å². The van der Waals surface area contributed by atoms with Gasteiger partial charge in [-0.05, 0) is 59.1 Å². The summed E-state index contributed by atoms with van der Waals surface area (Å²) in [6, 6.07) is 12.1. The standard InChI is InChI=1S/C14H15BrN2/c1-9-6-7-11(8-12(9)16)17-13-5-3-4-10(2)14(13)15/h3-8,17H,16H2,1-2H3. The summed E-state index contributed by atoms with van der Waals surface area (Å²) in [7, 11) is 0. The van der Waals surface area contributed by atoms with Crippen LogP contribution in [0.1, 0.15) is 11.1 Å². The number of halogens is 1. The van der Waals surface area contributed by atoms with E-state index in [0.717, 1.165) is 27.1 Å². The molecule has 0 amide bonds. The number of anilines is 3. The van der Waals surface area contributed by atoms with Gasteiger partial charge in [-0.2, -0.15) is 0 Å². The van der Waals surface area contributed by atoms with Crippen molar-refractivity contribution in [3.8, 4) is 0 Å². The highest BCUT2D eigenvalue weighted by Crippen LogP contribution is 2.29. The maximum Gasteiger partial charge on any atom is 0.0531 e. The van der Waals surface area contributed by atoms with E-state index in [1.165, 1.54) is 5.56 Å². The first kappa shape index (κ1) is 12.0. The number of nitrogen functional groups attached to an aromatic ring is 1. The topological polar surface area (TPSA) is 38.0 Å². The molecule has 2 aromatic carbocycles. The van der Waals surface area contributed by atoms with Crippen LogP contribution in [0.3, 0.4) is 0 Å². The van der Waals surface area contributed by atoms with Crippen molar-refractivity contribution >= 4 is 33.0 Å². The summed E-state index contributed by atoms with van der Waals surface area (Å²) in [5.41, 5.74) is 11.0. The molecule has 2 rings (SSSR count). The lowest BCUT2D eigenvalue weighted by atomic mass is 10.1. The summed E-state index contributed by atoms with van der Waals surface area (Å²) in [4.78, 5) is 0. The van der Waals surface area contributed by atoms with Crippen LogP contribution in [0.5, 0.6) is 0 Å². The lowest BCUT2D eigenvalue weighted by molar-refractivity contribution is 1.40. The van der Waals surface area contributed by atoms with Gasteiger partial charge in [0.25, 0.3) is 0 Å². The van der Waals surface area contributed by atoms with Crippen LogP contribution < -0.4 is 11.1 Å². The van der Waals surface area contributed by atoms with Gasteiger partial charge in [-0.1, -0.05) is 18.2 Å². The van der Waals surface area contributed by atoms with Crippen molar-refractivity contribution in [3.63, 3.8) is 0 Å². The van der Waals surface area contributed by atoms with E-state index in [-0.39, 0.29) is 0 Å². The van der Waals surface area contributed by atoms with Crippen LogP contribution in [0.25, 0.3) is 0 Å². The Labute approximate surface area is 110 Å². The molecule has 88 valence electrons. The van der Waals surface area contributed by atoms with Crippen molar-refractivity contribution in [2.24, 2.45) is 0 Å². The Morgan fingerprint density at radius 3 is 2.53 bits per heavy atom. The van der Waals surface area contributed by atoms with Crippen molar-refractivity contribution in [1.29, 1.82) is 0 Å². The first-order chi connectivity index (χ1) is 8.08. The van der Waals surface area contributed by atoms with Gasteiger partial charge in [-0.25, -0.2) is 0 Å². The molecule has 0 unspecified atom stereocenters. The Kier molecular flexibility index (Phi) is 3.38. The van der Waals surface area contributed by atoms with Crippen LogP contribution in [-0.4, -0.2) is 0 Å². The lowest BCUT2D eigenvalue weighted by Gasteiger charge is -2.11. The number of nitrogens with one attached hydrogen (secondary N) is 1. The molecule has 0 spiro atoms. The molecule has 0 aromatic heterocycles.